The first-order valence-electron chi connectivity index (χ1n) is 8.95. The molecular weight excluding hydrogens is 441 g/mol. The minimum atomic E-state index is -0.709. The van der Waals surface area contributed by atoms with Gasteiger partial charge in [0.05, 0.1) is 20.6 Å². The first kappa shape index (κ1) is 20.4. The van der Waals surface area contributed by atoms with Crippen molar-refractivity contribution in [3.63, 3.8) is 0 Å². The Bertz CT molecular complexity index is 1190. The van der Waals surface area contributed by atoms with Crippen molar-refractivity contribution in [1.29, 1.82) is 5.26 Å². The van der Waals surface area contributed by atoms with Crippen molar-refractivity contribution in [3.8, 4) is 17.4 Å². The van der Waals surface area contributed by atoms with Gasteiger partial charge >= 0.3 is 0 Å². The Hall–Kier alpha value is -2.85. The average Bonchev–Trinajstić information content (AvgIpc) is 3.18. The number of nitriles is 1. The number of benzene rings is 2. The van der Waals surface area contributed by atoms with Crippen molar-refractivity contribution in [2.75, 3.05) is 4.90 Å². The fraction of sp³-hybridized carbons (Fsp3) is 0.0909. The maximum Gasteiger partial charge on any atom is 0.266 e. The van der Waals surface area contributed by atoms with Crippen LogP contribution in [-0.4, -0.2) is 5.91 Å². The average molecular weight is 456 g/mol. The van der Waals surface area contributed by atoms with Crippen LogP contribution in [0, 0.1) is 18.3 Å². The van der Waals surface area contributed by atoms with Gasteiger partial charge in [0.15, 0.2) is 6.17 Å². The van der Waals surface area contributed by atoms with Crippen molar-refractivity contribution in [3.05, 3.63) is 86.6 Å². The minimum absolute atomic E-state index is 0.0731. The largest absolute Gasteiger partial charge is 0.457 e. The molecule has 0 spiro atoms. The zero-order valence-corrected chi connectivity index (χ0v) is 18.1. The summed E-state index contributed by atoms with van der Waals surface area (Å²) in [5, 5.41) is 13.4. The van der Waals surface area contributed by atoms with E-state index in [1.807, 2.05) is 37.3 Å². The number of nitrogens with zero attached hydrogens (tertiary/aromatic N) is 2. The Balaban J connectivity index is 1.82. The summed E-state index contributed by atoms with van der Waals surface area (Å²) >= 11 is 17.1. The SMILES string of the molecule is Cc1ccc(N2C(S)=C(C#N)C(=O)NC2c2ccc(-c3c(Cl)cccc3Cl)o2)cc1. The van der Waals surface area contributed by atoms with E-state index in [2.05, 4.69) is 17.9 Å². The van der Waals surface area contributed by atoms with E-state index in [1.54, 1.807) is 35.2 Å². The molecule has 0 saturated heterocycles. The van der Waals surface area contributed by atoms with Gasteiger partial charge < -0.3 is 14.6 Å². The zero-order chi connectivity index (χ0) is 21.4. The standard InChI is InChI=1S/C22H15Cl2N3O2S/c1-12-5-7-13(8-6-12)27-20(26-21(28)14(11-25)22(27)30)18-10-9-17(29-18)19-15(23)3-2-4-16(19)24/h2-10,20,30H,1H3,(H,26,28). The second kappa shape index (κ2) is 8.11. The van der Waals surface area contributed by atoms with Gasteiger partial charge in [-0.05, 0) is 43.3 Å². The zero-order valence-electron chi connectivity index (χ0n) is 15.7. The van der Waals surface area contributed by atoms with Crippen molar-refractivity contribution >= 4 is 47.4 Å². The molecule has 1 atom stereocenters. The number of carbonyl (C=O) groups is 1. The topological polar surface area (TPSA) is 69.3 Å². The van der Waals surface area contributed by atoms with Crippen LogP contribution in [0.3, 0.4) is 0 Å². The lowest BCUT2D eigenvalue weighted by atomic mass is 10.1. The number of carbonyl (C=O) groups excluding carboxylic acids is 1. The van der Waals surface area contributed by atoms with Crippen LogP contribution < -0.4 is 10.2 Å². The molecule has 5 nitrogen and oxygen atoms in total. The number of anilines is 1. The lowest BCUT2D eigenvalue weighted by Crippen LogP contribution is -2.45. The molecule has 1 unspecified atom stereocenters. The molecule has 1 N–H and O–H groups in total. The molecule has 30 heavy (non-hydrogen) atoms. The number of furan rings is 1. The van der Waals surface area contributed by atoms with Crippen molar-refractivity contribution in [2.45, 2.75) is 13.1 Å². The van der Waals surface area contributed by atoms with Crippen LogP contribution >= 0.6 is 35.8 Å². The third-order valence-electron chi connectivity index (χ3n) is 4.73. The van der Waals surface area contributed by atoms with Gasteiger partial charge in [-0.1, -0.05) is 47.0 Å². The van der Waals surface area contributed by atoms with Crippen molar-refractivity contribution < 1.29 is 9.21 Å². The van der Waals surface area contributed by atoms with Gasteiger partial charge in [0.1, 0.15) is 23.2 Å². The fourth-order valence-corrected chi connectivity index (χ4v) is 4.21. The predicted molar refractivity (Wildman–Crippen MR) is 120 cm³/mol. The molecule has 1 amide bonds. The predicted octanol–water partition coefficient (Wildman–Crippen LogP) is 5.86. The number of hydrogen-bond donors (Lipinski definition) is 2. The van der Waals surface area contributed by atoms with E-state index in [0.29, 0.717) is 27.1 Å². The molecule has 0 fully saturated rings. The molecule has 1 aromatic heterocycles. The lowest BCUT2D eigenvalue weighted by Gasteiger charge is -2.36. The molecule has 150 valence electrons. The van der Waals surface area contributed by atoms with Crippen LogP contribution in [-0.2, 0) is 4.79 Å². The molecule has 1 aliphatic rings. The molecule has 2 heterocycles. The summed E-state index contributed by atoms with van der Waals surface area (Å²) in [6.45, 7) is 1.98. The minimum Gasteiger partial charge on any atom is -0.457 e. The summed E-state index contributed by atoms with van der Waals surface area (Å²) in [6.07, 6.45) is -0.709. The van der Waals surface area contributed by atoms with Crippen LogP contribution in [0.4, 0.5) is 5.69 Å². The summed E-state index contributed by atoms with van der Waals surface area (Å²) in [6, 6.07) is 18.2. The molecule has 4 rings (SSSR count). The highest BCUT2D eigenvalue weighted by atomic mass is 35.5. The van der Waals surface area contributed by atoms with Crippen molar-refractivity contribution in [2.24, 2.45) is 0 Å². The first-order chi connectivity index (χ1) is 14.4. The molecule has 0 aliphatic carbocycles. The Labute approximate surface area is 188 Å². The Morgan fingerprint density at radius 3 is 2.40 bits per heavy atom. The molecule has 2 aromatic carbocycles. The molecule has 3 aromatic rings. The summed E-state index contributed by atoms with van der Waals surface area (Å²) < 4.78 is 6.05. The third-order valence-corrected chi connectivity index (χ3v) is 5.80. The van der Waals surface area contributed by atoms with Gasteiger partial charge in [-0.25, -0.2) is 0 Å². The van der Waals surface area contributed by atoms with Gasteiger partial charge in [-0.15, -0.1) is 12.6 Å². The molecule has 0 radical (unpaired) electrons. The van der Waals surface area contributed by atoms with Gasteiger partial charge in [-0.3, -0.25) is 4.79 Å². The van der Waals surface area contributed by atoms with Gasteiger partial charge in [-0.2, -0.15) is 5.26 Å². The van der Waals surface area contributed by atoms with Crippen LogP contribution in [0.25, 0.3) is 11.3 Å². The molecule has 0 bridgehead atoms. The second-order valence-corrected chi connectivity index (χ2v) is 7.93. The fourth-order valence-electron chi connectivity index (χ4n) is 3.25. The third kappa shape index (κ3) is 3.56. The first-order valence-corrected chi connectivity index (χ1v) is 10.1. The second-order valence-electron chi connectivity index (χ2n) is 6.69. The highest BCUT2D eigenvalue weighted by molar-refractivity contribution is 7.84. The molecule has 1 aliphatic heterocycles. The monoisotopic (exact) mass is 455 g/mol. The number of nitrogens with one attached hydrogen (secondary N) is 1. The van der Waals surface area contributed by atoms with Gasteiger partial charge in [0.2, 0.25) is 0 Å². The summed E-state index contributed by atoms with van der Waals surface area (Å²) in [5.41, 5.74) is 2.32. The van der Waals surface area contributed by atoms with Crippen LogP contribution in [0.5, 0.6) is 0 Å². The van der Waals surface area contributed by atoms with E-state index in [1.165, 1.54) is 0 Å². The molecular formula is C22H15Cl2N3O2S. The normalized spacial score (nSPS) is 16.4. The van der Waals surface area contributed by atoms with Gasteiger partial charge in [0, 0.05) is 5.69 Å². The number of thiol groups is 1. The highest BCUT2D eigenvalue weighted by Crippen LogP contribution is 2.40. The summed E-state index contributed by atoms with van der Waals surface area (Å²) in [7, 11) is 0. The van der Waals surface area contributed by atoms with Crippen molar-refractivity contribution in [1.82, 2.24) is 5.32 Å². The maximum absolute atomic E-state index is 12.5. The van der Waals surface area contributed by atoms with Crippen LogP contribution in [0.1, 0.15) is 17.5 Å². The highest BCUT2D eigenvalue weighted by Gasteiger charge is 2.36. The lowest BCUT2D eigenvalue weighted by molar-refractivity contribution is -0.118. The Kier molecular flexibility index (Phi) is 5.52. The quantitative estimate of drug-likeness (QED) is 0.485. The number of amides is 1. The van der Waals surface area contributed by atoms with Gasteiger partial charge in [0.25, 0.3) is 5.91 Å². The number of halogens is 2. The molecule has 8 heteroatoms. The van der Waals surface area contributed by atoms with E-state index < -0.39 is 12.1 Å². The Morgan fingerprint density at radius 1 is 1.10 bits per heavy atom. The van der Waals surface area contributed by atoms with E-state index in [4.69, 9.17) is 27.6 Å². The van der Waals surface area contributed by atoms with E-state index in [0.717, 1.165) is 11.3 Å². The van der Waals surface area contributed by atoms with Crippen LogP contribution in [0.2, 0.25) is 10.0 Å². The number of rotatable bonds is 3. The molecule has 0 saturated carbocycles. The summed E-state index contributed by atoms with van der Waals surface area (Å²) in [5.74, 6) is 0.387. The smallest absolute Gasteiger partial charge is 0.266 e. The summed E-state index contributed by atoms with van der Waals surface area (Å²) in [4.78, 5) is 14.2. The maximum atomic E-state index is 12.5. The van der Waals surface area contributed by atoms with E-state index in [-0.39, 0.29) is 10.6 Å². The number of hydrogen-bond acceptors (Lipinski definition) is 5. The number of aryl methyl sites for hydroxylation is 1. The Morgan fingerprint density at radius 2 is 1.77 bits per heavy atom. The van der Waals surface area contributed by atoms with Crippen LogP contribution in [0.15, 0.2) is 69.6 Å². The van der Waals surface area contributed by atoms with E-state index >= 15 is 0 Å². The van der Waals surface area contributed by atoms with E-state index in [9.17, 15) is 10.1 Å².